The molecule has 6 nitrogen and oxygen atoms in total. The molecule has 22 heavy (non-hydrogen) atoms. The van der Waals surface area contributed by atoms with E-state index in [1.165, 1.54) is 0 Å². The molecule has 7 heteroatoms. The van der Waals surface area contributed by atoms with E-state index < -0.39 is 0 Å². The van der Waals surface area contributed by atoms with Gasteiger partial charge in [-0.05, 0) is 37.0 Å². The molecule has 0 fully saturated rings. The molecule has 1 atom stereocenters. The van der Waals surface area contributed by atoms with Crippen molar-refractivity contribution < 1.29 is 4.52 Å². The summed E-state index contributed by atoms with van der Waals surface area (Å²) < 4.78 is 5.46. The summed E-state index contributed by atoms with van der Waals surface area (Å²) in [6, 6.07) is 7.66. The third-order valence-corrected chi connectivity index (χ3v) is 4.20. The van der Waals surface area contributed by atoms with E-state index in [-0.39, 0.29) is 5.92 Å². The van der Waals surface area contributed by atoms with Gasteiger partial charge in [-0.15, -0.1) is 0 Å². The van der Waals surface area contributed by atoms with Crippen molar-refractivity contribution in [2.75, 3.05) is 0 Å². The first kappa shape index (κ1) is 13.5. The van der Waals surface area contributed by atoms with Crippen molar-refractivity contribution in [2.45, 2.75) is 31.6 Å². The van der Waals surface area contributed by atoms with E-state index in [1.807, 2.05) is 24.3 Å². The SMILES string of the molecule is Clc1ccc(Cc2noc(C3CCCc4n[nH]nc43)n2)cc1. The highest BCUT2D eigenvalue weighted by Gasteiger charge is 2.29. The molecule has 0 radical (unpaired) electrons. The van der Waals surface area contributed by atoms with Crippen molar-refractivity contribution in [3.8, 4) is 0 Å². The largest absolute Gasteiger partial charge is 0.339 e. The summed E-state index contributed by atoms with van der Waals surface area (Å²) in [7, 11) is 0. The number of nitrogens with zero attached hydrogens (tertiary/aromatic N) is 4. The number of hydrogen-bond donors (Lipinski definition) is 1. The molecule has 0 bridgehead atoms. The van der Waals surface area contributed by atoms with Gasteiger partial charge in [0.05, 0.1) is 17.3 Å². The van der Waals surface area contributed by atoms with Gasteiger partial charge in [-0.3, -0.25) is 0 Å². The van der Waals surface area contributed by atoms with Crippen LogP contribution in [0.15, 0.2) is 28.8 Å². The summed E-state index contributed by atoms with van der Waals surface area (Å²) in [6.45, 7) is 0. The highest BCUT2D eigenvalue weighted by molar-refractivity contribution is 6.30. The fourth-order valence-electron chi connectivity index (χ4n) is 2.84. The van der Waals surface area contributed by atoms with E-state index in [1.54, 1.807) is 0 Å². The lowest BCUT2D eigenvalue weighted by molar-refractivity contribution is 0.348. The van der Waals surface area contributed by atoms with Crippen LogP contribution in [0.25, 0.3) is 0 Å². The molecule has 4 rings (SSSR count). The maximum Gasteiger partial charge on any atom is 0.235 e. The number of hydrogen-bond acceptors (Lipinski definition) is 5. The predicted octanol–water partition coefficient (Wildman–Crippen LogP) is 2.90. The average molecular weight is 316 g/mol. The lowest BCUT2D eigenvalue weighted by atomic mass is 9.90. The summed E-state index contributed by atoms with van der Waals surface area (Å²) in [5.74, 6) is 1.35. The van der Waals surface area contributed by atoms with Crippen LogP contribution in [0.5, 0.6) is 0 Å². The first-order valence-electron chi connectivity index (χ1n) is 7.26. The Morgan fingerprint density at radius 1 is 1.23 bits per heavy atom. The molecule has 1 aliphatic carbocycles. The second kappa shape index (κ2) is 5.53. The molecule has 1 aromatic carbocycles. The van der Waals surface area contributed by atoms with E-state index in [4.69, 9.17) is 16.1 Å². The first-order valence-corrected chi connectivity index (χ1v) is 7.64. The summed E-state index contributed by atoms with van der Waals surface area (Å²) in [4.78, 5) is 4.54. The van der Waals surface area contributed by atoms with Gasteiger partial charge in [0.2, 0.25) is 5.89 Å². The van der Waals surface area contributed by atoms with Crippen LogP contribution in [0.4, 0.5) is 0 Å². The van der Waals surface area contributed by atoms with E-state index in [2.05, 4.69) is 25.6 Å². The number of aromatic amines is 1. The molecule has 0 aliphatic heterocycles. The Kier molecular flexibility index (Phi) is 3.38. The Bertz CT molecular complexity index is 779. The fourth-order valence-corrected chi connectivity index (χ4v) is 2.97. The second-order valence-corrected chi connectivity index (χ2v) is 5.89. The zero-order chi connectivity index (χ0) is 14.9. The number of nitrogens with one attached hydrogen (secondary N) is 1. The topological polar surface area (TPSA) is 80.5 Å². The number of aromatic nitrogens is 5. The Morgan fingerprint density at radius 3 is 2.95 bits per heavy atom. The molecular formula is C15H14ClN5O. The van der Waals surface area contributed by atoms with Gasteiger partial charge < -0.3 is 4.52 Å². The smallest absolute Gasteiger partial charge is 0.235 e. The summed E-state index contributed by atoms with van der Waals surface area (Å²) >= 11 is 5.89. The van der Waals surface area contributed by atoms with Crippen LogP contribution < -0.4 is 0 Å². The highest BCUT2D eigenvalue weighted by Crippen LogP contribution is 2.33. The third-order valence-electron chi connectivity index (χ3n) is 3.94. The molecule has 0 saturated heterocycles. The molecule has 1 aliphatic rings. The number of H-pyrrole nitrogens is 1. The van der Waals surface area contributed by atoms with Gasteiger partial charge in [0.15, 0.2) is 5.82 Å². The molecule has 3 aromatic rings. The molecule has 0 saturated carbocycles. The van der Waals surface area contributed by atoms with Crippen molar-refractivity contribution in [3.05, 3.63) is 58.0 Å². The average Bonchev–Trinajstić information content (AvgIpc) is 3.18. The van der Waals surface area contributed by atoms with Crippen molar-refractivity contribution >= 4 is 11.6 Å². The van der Waals surface area contributed by atoms with Crippen LogP contribution in [0.2, 0.25) is 5.02 Å². The van der Waals surface area contributed by atoms with Crippen LogP contribution in [-0.4, -0.2) is 25.6 Å². The Morgan fingerprint density at radius 2 is 2.09 bits per heavy atom. The summed E-state index contributed by atoms with van der Waals surface area (Å²) in [5.41, 5.74) is 3.05. The zero-order valence-electron chi connectivity index (χ0n) is 11.8. The molecule has 1 N–H and O–H groups in total. The first-order chi connectivity index (χ1) is 10.8. The molecule has 1 unspecified atom stereocenters. The van der Waals surface area contributed by atoms with Crippen LogP contribution in [-0.2, 0) is 12.8 Å². The summed E-state index contributed by atoms with van der Waals surface area (Å²) in [6.07, 6.45) is 3.59. The van der Waals surface area contributed by atoms with Gasteiger partial charge in [0.1, 0.15) is 0 Å². The minimum absolute atomic E-state index is 0.0500. The molecule has 0 spiro atoms. The zero-order valence-corrected chi connectivity index (χ0v) is 12.5. The molecule has 0 amide bonds. The number of aryl methyl sites for hydroxylation is 1. The van der Waals surface area contributed by atoms with Gasteiger partial charge >= 0.3 is 0 Å². The lowest BCUT2D eigenvalue weighted by Crippen LogP contribution is -2.11. The molecule has 2 aromatic heterocycles. The van der Waals surface area contributed by atoms with Crippen molar-refractivity contribution in [3.63, 3.8) is 0 Å². The van der Waals surface area contributed by atoms with E-state index >= 15 is 0 Å². The van der Waals surface area contributed by atoms with Gasteiger partial charge in [-0.1, -0.05) is 28.9 Å². The number of rotatable bonds is 3. The number of fused-ring (bicyclic) bond motifs is 1. The van der Waals surface area contributed by atoms with Gasteiger partial charge in [-0.25, -0.2) is 0 Å². The Balaban J connectivity index is 1.56. The highest BCUT2D eigenvalue weighted by atomic mass is 35.5. The quantitative estimate of drug-likeness (QED) is 0.803. The Hall–Kier alpha value is -2.21. The third kappa shape index (κ3) is 2.50. The standard InChI is InChI=1S/C15H14ClN5O/c16-10-6-4-9(5-7-10)8-13-17-15(22-20-13)11-2-1-3-12-14(11)19-21-18-12/h4-7,11H,1-3,8H2,(H,18,19,21). The van der Waals surface area contributed by atoms with Crippen LogP contribution in [0, 0.1) is 0 Å². The van der Waals surface area contributed by atoms with Crippen molar-refractivity contribution in [2.24, 2.45) is 0 Å². The molecular weight excluding hydrogens is 302 g/mol. The minimum atomic E-state index is 0.0500. The number of halogens is 1. The normalized spacial score (nSPS) is 17.4. The van der Waals surface area contributed by atoms with Crippen LogP contribution in [0.1, 0.15) is 47.4 Å². The maximum atomic E-state index is 5.89. The monoisotopic (exact) mass is 315 g/mol. The molecule has 2 heterocycles. The van der Waals surface area contributed by atoms with Crippen molar-refractivity contribution in [1.29, 1.82) is 0 Å². The second-order valence-electron chi connectivity index (χ2n) is 5.45. The van der Waals surface area contributed by atoms with Crippen LogP contribution >= 0.6 is 11.6 Å². The van der Waals surface area contributed by atoms with E-state index in [0.29, 0.717) is 18.1 Å². The van der Waals surface area contributed by atoms with Crippen molar-refractivity contribution in [1.82, 2.24) is 25.6 Å². The maximum absolute atomic E-state index is 5.89. The summed E-state index contributed by atoms with van der Waals surface area (Å²) in [5, 5.41) is 15.9. The predicted molar refractivity (Wildman–Crippen MR) is 79.7 cm³/mol. The lowest BCUT2D eigenvalue weighted by Gasteiger charge is -2.15. The fraction of sp³-hybridized carbons (Fsp3) is 0.333. The van der Waals surface area contributed by atoms with Gasteiger partial charge in [0, 0.05) is 11.4 Å². The van der Waals surface area contributed by atoms with Gasteiger partial charge in [0.25, 0.3) is 0 Å². The van der Waals surface area contributed by atoms with E-state index in [0.717, 1.165) is 41.2 Å². The van der Waals surface area contributed by atoms with Crippen LogP contribution in [0.3, 0.4) is 0 Å². The Labute approximate surface area is 131 Å². The minimum Gasteiger partial charge on any atom is -0.339 e. The molecule has 112 valence electrons. The van der Waals surface area contributed by atoms with E-state index in [9.17, 15) is 0 Å². The number of benzene rings is 1. The van der Waals surface area contributed by atoms with Gasteiger partial charge in [-0.2, -0.15) is 20.4 Å².